The summed E-state index contributed by atoms with van der Waals surface area (Å²) in [4.78, 5) is 4.61. The molecule has 0 aliphatic heterocycles. The number of para-hydroxylation sites is 1. The molecule has 20 heavy (non-hydrogen) atoms. The van der Waals surface area contributed by atoms with E-state index in [0.717, 1.165) is 27.5 Å². The third-order valence-corrected chi connectivity index (χ3v) is 4.33. The summed E-state index contributed by atoms with van der Waals surface area (Å²) in [6.45, 7) is 0. The molecule has 2 nitrogen and oxygen atoms in total. The molecule has 1 aromatic heterocycles. The van der Waals surface area contributed by atoms with E-state index in [1.54, 1.807) is 23.5 Å². The number of halogens is 2. The molecule has 0 fully saturated rings. The van der Waals surface area contributed by atoms with Gasteiger partial charge in [-0.3, -0.25) is 0 Å². The van der Waals surface area contributed by atoms with Gasteiger partial charge in [0.05, 0.1) is 10.7 Å². The number of hydrogen-bond donors (Lipinski definition) is 1. The van der Waals surface area contributed by atoms with Crippen LogP contribution in [0.25, 0.3) is 21.8 Å². The van der Waals surface area contributed by atoms with E-state index in [2.05, 4.69) is 4.98 Å². The molecule has 3 rings (SSSR count). The fourth-order valence-electron chi connectivity index (χ4n) is 1.91. The lowest BCUT2D eigenvalue weighted by molar-refractivity contribution is 1.40. The lowest BCUT2D eigenvalue weighted by atomic mass is 10.1. The van der Waals surface area contributed by atoms with E-state index in [-0.39, 0.29) is 0 Å². The van der Waals surface area contributed by atoms with Crippen molar-refractivity contribution in [3.05, 3.63) is 57.9 Å². The van der Waals surface area contributed by atoms with Crippen LogP contribution in [0.4, 0.5) is 5.69 Å². The van der Waals surface area contributed by atoms with E-state index in [0.29, 0.717) is 10.0 Å². The number of nitrogens with zero attached hydrogens (tertiary/aromatic N) is 1. The maximum absolute atomic E-state index is 6.21. The van der Waals surface area contributed by atoms with Crippen LogP contribution in [0.5, 0.6) is 0 Å². The minimum Gasteiger partial charge on any atom is -0.398 e. The Morgan fingerprint density at radius 2 is 1.80 bits per heavy atom. The van der Waals surface area contributed by atoms with Gasteiger partial charge in [-0.2, -0.15) is 0 Å². The maximum Gasteiger partial charge on any atom is 0.126 e. The molecule has 0 radical (unpaired) electrons. The predicted molar refractivity (Wildman–Crippen MR) is 87.4 cm³/mol. The SMILES string of the molecule is Nc1ccccc1-c1nc(-c2ccc(Cl)cc2Cl)cs1. The second-order valence-electron chi connectivity index (χ2n) is 4.25. The summed E-state index contributed by atoms with van der Waals surface area (Å²) in [5.74, 6) is 0. The molecule has 0 saturated carbocycles. The number of nitrogen functional groups attached to an aromatic ring is 1. The molecule has 0 unspecified atom stereocenters. The molecule has 0 aliphatic rings. The largest absolute Gasteiger partial charge is 0.398 e. The van der Waals surface area contributed by atoms with Crippen LogP contribution < -0.4 is 5.73 Å². The highest BCUT2D eigenvalue weighted by Gasteiger charge is 2.11. The zero-order valence-electron chi connectivity index (χ0n) is 10.3. The van der Waals surface area contributed by atoms with Gasteiger partial charge in [-0.1, -0.05) is 35.3 Å². The molecule has 3 aromatic rings. The first-order chi connectivity index (χ1) is 9.65. The van der Waals surface area contributed by atoms with Crippen LogP contribution in [-0.4, -0.2) is 4.98 Å². The van der Waals surface area contributed by atoms with E-state index in [1.165, 1.54) is 0 Å². The average Bonchev–Trinajstić information content (AvgIpc) is 2.88. The molecule has 1 heterocycles. The van der Waals surface area contributed by atoms with Crippen molar-refractivity contribution in [1.82, 2.24) is 4.98 Å². The number of nitrogens with two attached hydrogens (primary N) is 1. The normalized spacial score (nSPS) is 10.7. The fourth-order valence-corrected chi connectivity index (χ4v) is 3.28. The number of benzene rings is 2. The molecule has 0 saturated heterocycles. The molecule has 5 heteroatoms. The molecule has 0 amide bonds. The van der Waals surface area contributed by atoms with Crippen LogP contribution in [0.15, 0.2) is 47.8 Å². The molecule has 2 aromatic carbocycles. The van der Waals surface area contributed by atoms with Crippen LogP contribution in [0.1, 0.15) is 0 Å². The van der Waals surface area contributed by atoms with Crippen LogP contribution in [0, 0.1) is 0 Å². The number of aromatic nitrogens is 1. The highest BCUT2D eigenvalue weighted by molar-refractivity contribution is 7.13. The molecule has 0 bridgehead atoms. The predicted octanol–water partition coefficient (Wildman–Crippen LogP) is 5.37. The summed E-state index contributed by atoms with van der Waals surface area (Å²) in [5.41, 5.74) is 9.33. The van der Waals surface area contributed by atoms with Gasteiger partial charge in [-0.05, 0) is 30.3 Å². The Morgan fingerprint density at radius 1 is 1.00 bits per heavy atom. The number of hydrogen-bond acceptors (Lipinski definition) is 3. The third kappa shape index (κ3) is 2.52. The standard InChI is InChI=1S/C15H10Cl2N2S/c16-9-5-6-10(12(17)7-9)14-8-20-15(19-14)11-3-1-2-4-13(11)18/h1-8H,18H2. The zero-order valence-corrected chi connectivity index (χ0v) is 12.6. The Morgan fingerprint density at radius 3 is 2.55 bits per heavy atom. The van der Waals surface area contributed by atoms with Crippen molar-refractivity contribution in [3.8, 4) is 21.8 Å². The first-order valence-corrected chi connectivity index (χ1v) is 7.54. The molecule has 0 spiro atoms. The molecule has 0 atom stereocenters. The van der Waals surface area contributed by atoms with Crippen LogP contribution in [0.3, 0.4) is 0 Å². The summed E-state index contributed by atoms with van der Waals surface area (Å²) >= 11 is 13.7. The molecule has 0 aliphatic carbocycles. The van der Waals surface area contributed by atoms with Crippen molar-refractivity contribution >= 4 is 40.2 Å². The Balaban J connectivity index is 2.04. The molecule has 100 valence electrons. The zero-order chi connectivity index (χ0) is 14.1. The Hall–Kier alpha value is -1.55. The van der Waals surface area contributed by atoms with Gasteiger partial charge in [-0.25, -0.2) is 4.98 Å². The summed E-state index contributed by atoms with van der Waals surface area (Å²) in [7, 11) is 0. The van der Waals surface area contributed by atoms with Gasteiger partial charge in [0.25, 0.3) is 0 Å². The highest BCUT2D eigenvalue weighted by atomic mass is 35.5. The van der Waals surface area contributed by atoms with Crippen molar-refractivity contribution in [1.29, 1.82) is 0 Å². The van der Waals surface area contributed by atoms with E-state index in [4.69, 9.17) is 28.9 Å². The summed E-state index contributed by atoms with van der Waals surface area (Å²) < 4.78 is 0. The van der Waals surface area contributed by atoms with Gasteiger partial charge in [0.1, 0.15) is 5.01 Å². The number of rotatable bonds is 2. The topological polar surface area (TPSA) is 38.9 Å². The summed E-state index contributed by atoms with van der Waals surface area (Å²) in [6, 6.07) is 13.1. The molecule has 2 N–H and O–H groups in total. The quantitative estimate of drug-likeness (QED) is 0.645. The Labute approximate surface area is 130 Å². The molecular weight excluding hydrogens is 311 g/mol. The first kappa shape index (κ1) is 13.4. The highest BCUT2D eigenvalue weighted by Crippen LogP contribution is 2.35. The maximum atomic E-state index is 6.21. The average molecular weight is 321 g/mol. The van der Waals surface area contributed by atoms with Crippen molar-refractivity contribution in [2.75, 3.05) is 5.73 Å². The number of thiazole rings is 1. The van der Waals surface area contributed by atoms with Crippen molar-refractivity contribution in [2.45, 2.75) is 0 Å². The second kappa shape index (κ2) is 5.44. The van der Waals surface area contributed by atoms with E-state index < -0.39 is 0 Å². The van der Waals surface area contributed by atoms with Gasteiger partial charge < -0.3 is 5.73 Å². The van der Waals surface area contributed by atoms with Gasteiger partial charge in [0.2, 0.25) is 0 Å². The molecular formula is C15H10Cl2N2S. The van der Waals surface area contributed by atoms with Gasteiger partial charge in [0.15, 0.2) is 0 Å². The smallest absolute Gasteiger partial charge is 0.126 e. The summed E-state index contributed by atoms with van der Waals surface area (Å²) in [6.07, 6.45) is 0. The lowest BCUT2D eigenvalue weighted by Gasteiger charge is -2.02. The Kier molecular flexibility index (Phi) is 3.66. The van der Waals surface area contributed by atoms with Crippen LogP contribution in [-0.2, 0) is 0 Å². The van der Waals surface area contributed by atoms with E-state index in [1.807, 2.05) is 35.7 Å². The van der Waals surface area contributed by atoms with Crippen molar-refractivity contribution in [3.63, 3.8) is 0 Å². The lowest BCUT2D eigenvalue weighted by Crippen LogP contribution is -1.88. The minimum absolute atomic E-state index is 0.593. The first-order valence-electron chi connectivity index (χ1n) is 5.91. The Bertz CT molecular complexity index is 768. The van der Waals surface area contributed by atoms with Gasteiger partial charge in [-0.15, -0.1) is 11.3 Å². The van der Waals surface area contributed by atoms with Crippen molar-refractivity contribution < 1.29 is 0 Å². The van der Waals surface area contributed by atoms with Crippen LogP contribution >= 0.6 is 34.5 Å². The van der Waals surface area contributed by atoms with Gasteiger partial charge >= 0.3 is 0 Å². The number of anilines is 1. The summed E-state index contributed by atoms with van der Waals surface area (Å²) in [5, 5.41) is 4.05. The van der Waals surface area contributed by atoms with Crippen molar-refractivity contribution in [2.24, 2.45) is 0 Å². The fraction of sp³-hybridized carbons (Fsp3) is 0. The second-order valence-corrected chi connectivity index (χ2v) is 5.95. The van der Waals surface area contributed by atoms with Gasteiger partial charge in [0, 0.05) is 27.2 Å². The monoisotopic (exact) mass is 320 g/mol. The van der Waals surface area contributed by atoms with Crippen LogP contribution in [0.2, 0.25) is 10.0 Å². The van der Waals surface area contributed by atoms with E-state index in [9.17, 15) is 0 Å². The minimum atomic E-state index is 0.593. The third-order valence-electron chi connectivity index (χ3n) is 2.90. The van der Waals surface area contributed by atoms with E-state index >= 15 is 0 Å².